The largest absolute Gasteiger partial charge is 0.397 e. The van der Waals surface area contributed by atoms with E-state index < -0.39 is 0 Å². The molecule has 2 rings (SSSR count). The van der Waals surface area contributed by atoms with Gasteiger partial charge in [-0.2, -0.15) is 0 Å². The average Bonchev–Trinajstić information content (AvgIpc) is 2.65. The highest BCUT2D eigenvalue weighted by molar-refractivity contribution is 6.42. The van der Waals surface area contributed by atoms with Crippen LogP contribution in [-0.4, -0.2) is 38.1 Å². The molecule has 1 aliphatic rings. The summed E-state index contributed by atoms with van der Waals surface area (Å²) in [5, 5.41) is 1.07. The average molecular weight is 288 g/mol. The Labute approximate surface area is 118 Å². The lowest BCUT2D eigenvalue weighted by atomic mass is 10.1. The van der Waals surface area contributed by atoms with E-state index in [9.17, 15) is 0 Å². The number of benzene rings is 1. The Bertz CT molecular complexity index is 448. The van der Waals surface area contributed by atoms with E-state index in [0.717, 1.165) is 18.8 Å². The van der Waals surface area contributed by atoms with E-state index in [-0.39, 0.29) is 0 Å². The lowest BCUT2D eigenvalue weighted by Gasteiger charge is -2.24. The van der Waals surface area contributed by atoms with Crippen molar-refractivity contribution >= 4 is 34.6 Å². The van der Waals surface area contributed by atoms with E-state index in [2.05, 4.69) is 30.8 Å². The molecule has 0 aliphatic carbocycles. The summed E-state index contributed by atoms with van der Waals surface area (Å²) in [7, 11) is 4.23. The minimum atomic E-state index is 0.509. The molecule has 2 atom stereocenters. The van der Waals surface area contributed by atoms with E-state index in [0.29, 0.717) is 27.7 Å². The third-order valence-corrected chi connectivity index (χ3v) is 4.37. The van der Waals surface area contributed by atoms with Crippen LogP contribution in [0.2, 0.25) is 10.0 Å². The summed E-state index contributed by atoms with van der Waals surface area (Å²) < 4.78 is 0. The number of halogens is 2. The van der Waals surface area contributed by atoms with Gasteiger partial charge < -0.3 is 15.5 Å². The molecular formula is C13H19Cl2N3. The van der Waals surface area contributed by atoms with E-state index >= 15 is 0 Å². The van der Waals surface area contributed by atoms with Crippen LogP contribution in [0.25, 0.3) is 0 Å². The molecule has 1 aromatic carbocycles. The van der Waals surface area contributed by atoms with E-state index in [1.54, 1.807) is 6.07 Å². The van der Waals surface area contributed by atoms with Crippen molar-refractivity contribution in [1.29, 1.82) is 0 Å². The van der Waals surface area contributed by atoms with Crippen LogP contribution in [-0.2, 0) is 0 Å². The highest BCUT2D eigenvalue weighted by atomic mass is 35.5. The summed E-state index contributed by atoms with van der Waals surface area (Å²) in [4.78, 5) is 4.55. The van der Waals surface area contributed by atoms with Crippen LogP contribution in [0.1, 0.15) is 6.92 Å². The molecule has 2 unspecified atom stereocenters. The molecule has 1 saturated heterocycles. The van der Waals surface area contributed by atoms with Gasteiger partial charge in [0.25, 0.3) is 0 Å². The fraction of sp³-hybridized carbons (Fsp3) is 0.538. The minimum absolute atomic E-state index is 0.509. The maximum absolute atomic E-state index is 6.07. The van der Waals surface area contributed by atoms with Gasteiger partial charge in [0.1, 0.15) is 0 Å². The molecule has 18 heavy (non-hydrogen) atoms. The second-order valence-corrected chi connectivity index (χ2v) is 6.05. The van der Waals surface area contributed by atoms with Crippen molar-refractivity contribution in [3.63, 3.8) is 0 Å². The standard InChI is InChI=1S/C13H19Cl2N3/c1-8-6-18(7-13(8)17(2)3)12-5-10(15)9(14)4-11(12)16/h4-5,8,13H,6-7,16H2,1-3H3. The summed E-state index contributed by atoms with van der Waals surface area (Å²) in [6.45, 7) is 4.22. The van der Waals surface area contributed by atoms with Crippen LogP contribution >= 0.6 is 23.2 Å². The predicted octanol–water partition coefficient (Wildman–Crippen LogP) is 2.96. The summed E-state index contributed by atoms with van der Waals surface area (Å²) in [6, 6.07) is 4.13. The summed E-state index contributed by atoms with van der Waals surface area (Å²) in [5.41, 5.74) is 7.72. The Morgan fingerprint density at radius 3 is 2.39 bits per heavy atom. The van der Waals surface area contributed by atoms with Crippen LogP contribution in [0.15, 0.2) is 12.1 Å². The van der Waals surface area contributed by atoms with Gasteiger partial charge in [-0.15, -0.1) is 0 Å². The fourth-order valence-corrected chi connectivity index (χ4v) is 2.97. The molecule has 2 N–H and O–H groups in total. The SMILES string of the molecule is CC1CN(c2cc(Cl)c(Cl)cc2N)CC1N(C)C. The zero-order valence-electron chi connectivity index (χ0n) is 11.0. The molecule has 0 amide bonds. The molecule has 0 radical (unpaired) electrons. The minimum Gasteiger partial charge on any atom is -0.397 e. The summed E-state index contributed by atoms with van der Waals surface area (Å²) >= 11 is 12.0. The van der Waals surface area contributed by atoms with Gasteiger partial charge in [-0.25, -0.2) is 0 Å². The van der Waals surface area contributed by atoms with Crippen molar-refractivity contribution < 1.29 is 0 Å². The first-order chi connectivity index (χ1) is 8.40. The Kier molecular flexibility index (Phi) is 3.95. The number of hydrogen-bond acceptors (Lipinski definition) is 3. The van der Waals surface area contributed by atoms with Crippen molar-refractivity contribution in [1.82, 2.24) is 4.90 Å². The third-order valence-electron chi connectivity index (χ3n) is 3.65. The van der Waals surface area contributed by atoms with Gasteiger partial charge in [-0.05, 0) is 32.1 Å². The molecule has 1 aromatic rings. The monoisotopic (exact) mass is 287 g/mol. The van der Waals surface area contributed by atoms with Gasteiger partial charge in [-0.3, -0.25) is 0 Å². The quantitative estimate of drug-likeness (QED) is 0.849. The number of nitrogens with zero attached hydrogens (tertiary/aromatic N) is 2. The molecule has 3 nitrogen and oxygen atoms in total. The van der Waals surface area contributed by atoms with Crippen LogP contribution in [0.4, 0.5) is 11.4 Å². The highest BCUT2D eigenvalue weighted by Gasteiger charge is 2.32. The van der Waals surface area contributed by atoms with E-state index in [4.69, 9.17) is 28.9 Å². The van der Waals surface area contributed by atoms with Gasteiger partial charge in [0.2, 0.25) is 0 Å². The number of hydrogen-bond donors (Lipinski definition) is 1. The highest BCUT2D eigenvalue weighted by Crippen LogP contribution is 2.36. The Morgan fingerprint density at radius 2 is 1.83 bits per heavy atom. The number of nitrogens with two attached hydrogens (primary N) is 1. The molecule has 0 bridgehead atoms. The van der Waals surface area contributed by atoms with Gasteiger partial charge in [0.05, 0.1) is 21.4 Å². The summed E-state index contributed by atoms with van der Waals surface area (Å²) in [6.07, 6.45) is 0. The molecule has 0 spiro atoms. The van der Waals surface area contributed by atoms with Crippen LogP contribution < -0.4 is 10.6 Å². The van der Waals surface area contributed by atoms with E-state index in [1.165, 1.54) is 0 Å². The van der Waals surface area contributed by atoms with Crippen LogP contribution in [0.3, 0.4) is 0 Å². The smallest absolute Gasteiger partial charge is 0.0616 e. The maximum Gasteiger partial charge on any atom is 0.0616 e. The molecule has 1 aliphatic heterocycles. The van der Waals surface area contributed by atoms with Crippen LogP contribution in [0.5, 0.6) is 0 Å². The van der Waals surface area contributed by atoms with Gasteiger partial charge in [0.15, 0.2) is 0 Å². The number of nitrogen functional groups attached to an aromatic ring is 1. The number of likely N-dealkylation sites (N-methyl/N-ethyl adjacent to an activating group) is 1. The van der Waals surface area contributed by atoms with Crippen molar-refractivity contribution in [2.24, 2.45) is 5.92 Å². The molecule has 100 valence electrons. The Hall–Kier alpha value is -0.640. The molecular weight excluding hydrogens is 269 g/mol. The number of rotatable bonds is 2. The first-order valence-corrected chi connectivity index (χ1v) is 6.81. The Balaban J connectivity index is 2.26. The molecule has 5 heteroatoms. The second kappa shape index (κ2) is 5.16. The Morgan fingerprint density at radius 1 is 1.22 bits per heavy atom. The van der Waals surface area contributed by atoms with Gasteiger partial charge in [-0.1, -0.05) is 30.1 Å². The van der Waals surface area contributed by atoms with Gasteiger partial charge >= 0.3 is 0 Å². The molecule has 1 heterocycles. The molecule has 0 aromatic heterocycles. The lowest BCUT2D eigenvalue weighted by Crippen LogP contribution is -2.34. The maximum atomic E-state index is 6.07. The van der Waals surface area contributed by atoms with Crippen molar-refractivity contribution in [2.45, 2.75) is 13.0 Å². The predicted molar refractivity (Wildman–Crippen MR) is 79.7 cm³/mol. The lowest BCUT2D eigenvalue weighted by molar-refractivity contribution is 0.266. The van der Waals surface area contributed by atoms with Crippen LogP contribution in [0, 0.1) is 5.92 Å². The molecule has 0 saturated carbocycles. The van der Waals surface area contributed by atoms with Gasteiger partial charge in [0, 0.05) is 19.1 Å². The second-order valence-electron chi connectivity index (χ2n) is 5.24. The van der Waals surface area contributed by atoms with Crippen molar-refractivity contribution in [3.05, 3.63) is 22.2 Å². The first-order valence-electron chi connectivity index (χ1n) is 6.06. The van der Waals surface area contributed by atoms with Crippen molar-refractivity contribution in [2.75, 3.05) is 37.8 Å². The van der Waals surface area contributed by atoms with E-state index in [1.807, 2.05) is 6.07 Å². The zero-order valence-corrected chi connectivity index (χ0v) is 12.5. The zero-order chi connectivity index (χ0) is 13.4. The number of anilines is 2. The molecule has 1 fully saturated rings. The third kappa shape index (κ3) is 2.53. The normalized spacial score (nSPS) is 24.0. The first kappa shape index (κ1) is 13.8. The summed E-state index contributed by atoms with van der Waals surface area (Å²) in [5.74, 6) is 0.605. The van der Waals surface area contributed by atoms with Crippen molar-refractivity contribution in [3.8, 4) is 0 Å². The topological polar surface area (TPSA) is 32.5 Å². The fourth-order valence-electron chi connectivity index (χ4n) is 2.64.